The van der Waals surface area contributed by atoms with Gasteiger partial charge in [-0.2, -0.15) is 0 Å². The van der Waals surface area contributed by atoms with Gasteiger partial charge < -0.3 is 15.3 Å². The lowest BCUT2D eigenvalue weighted by Crippen LogP contribution is -2.66. The Morgan fingerprint density at radius 2 is 2.20 bits per heavy atom. The molecule has 1 saturated heterocycles. The molecule has 0 unspecified atom stereocenters. The Morgan fingerprint density at radius 1 is 1.53 bits per heavy atom. The van der Waals surface area contributed by atoms with Crippen LogP contribution in [0.2, 0.25) is 0 Å². The molecule has 1 aliphatic carbocycles. The van der Waals surface area contributed by atoms with E-state index >= 15 is 0 Å². The van der Waals surface area contributed by atoms with Crippen molar-refractivity contribution in [2.24, 2.45) is 0 Å². The second kappa shape index (κ2) is 4.00. The number of nitrogens with one attached hydrogen (secondary N) is 1. The van der Waals surface area contributed by atoms with Crippen molar-refractivity contribution in [3.8, 4) is 0 Å². The maximum absolute atomic E-state index is 11.6. The summed E-state index contributed by atoms with van der Waals surface area (Å²) in [5.41, 5.74) is -0.605. The second-order valence-corrected chi connectivity index (χ2v) is 4.91. The quantitative estimate of drug-likeness (QED) is 0.736. The number of amides is 2. The molecule has 0 radical (unpaired) electrons. The number of nitrogens with zero attached hydrogens (tertiary/aromatic N) is 1. The maximum atomic E-state index is 11.6. The third kappa shape index (κ3) is 2.25. The molecule has 2 amide bonds. The van der Waals surface area contributed by atoms with Gasteiger partial charge in [0.25, 0.3) is 0 Å². The average molecular weight is 212 g/mol. The molecule has 86 valence electrons. The first-order valence-corrected chi connectivity index (χ1v) is 5.91. The molecule has 0 bridgehead atoms. The number of hydrogen-bond acceptors (Lipinski definition) is 2. The minimum atomic E-state index is -0.605. The van der Waals surface area contributed by atoms with E-state index < -0.39 is 5.60 Å². The van der Waals surface area contributed by atoms with Crippen LogP contribution in [0.3, 0.4) is 0 Å². The van der Waals surface area contributed by atoms with Crippen LogP contribution in [0.15, 0.2) is 0 Å². The standard InChI is InChI=1S/C11H20N2O2/c1-2-6-11(15)7-13(8-11)10(14)12-9-4-3-5-9/h9,15H,2-8H2,1H3,(H,12,14). The summed E-state index contributed by atoms with van der Waals surface area (Å²) in [4.78, 5) is 13.3. The highest BCUT2D eigenvalue weighted by atomic mass is 16.3. The van der Waals surface area contributed by atoms with Crippen LogP contribution < -0.4 is 5.32 Å². The first-order valence-electron chi connectivity index (χ1n) is 5.91. The fourth-order valence-electron chi connectivity index (χ4n) is 2.25. The first-order chi connectivity index (χ1) is 7.13. The Bertz CT molecular complexity index is 245. The summed E-state index contributed by atoms with van der Waals surface area (Å²) in [6, 6.07) is 0.387. The Hall–Kier alpha value is -0.770. The topological polar surface area (TPSA) is 52.6 Å². The summed E-state index contributed by atoms with van der Waals surface area (Å²) >= 11 is 0. The van der Waals surface area contributed by atoms with E-state index in [1.54, 1.807) is 4.90 Å². The van der Waals surface area contributed by atoms with E-state index in [1.807, 2.05) is 0 Å². The Morgan fingerprint density at radius 3 is 2.67 bits per heavy atom. The SMILES string of the molecule is CCCC1(O)CN(C(=O)NC2CCC2)C1. The fraction of sp³-hybridized carbons (Fsp3) is 0.909. The molecule has 2 rings (SSSR count). The average Bonchev–Trinajstić information content (AvgIpc) is 2.07. The van der Waals surface area contributed by atoms with E-state index in [1.165, 1.54) is 6.42 Å². The van der Waals surface area contributed by atoms with Gasteiger partial charge in [0.2, 0.25) is 0 Å². The van der Waals surface area contributed by atoms with Crippen LogP contribution in [-0.2, 0) is 0 Å². The van der Waals surface area contributed by atoms with E-state index in [9.17, 15) is 9.90 Å². The van der Waals surface area contributed by atoms with E-state index in [0.717, 1.165) is 25.7 Å². The van der Waals surface area contributed by atoms with Crippen LogP contribution in [0.1, 0.15) is 39.0 Å². The van der Waals surface area contributed by atoms with Crippen molar-refractivity contribution in [2.75, 3.05) is 13.1 Å². The van der Waals surface area contributed by atoms with Crippen LogP contribution in [0.5, 0.6) is 0 Å². The van der Waals surface area contributed by atoms with Gasteiger partial charge in [-0.25, -0.2) is 4.79 Å². The summed E-state index contributed by atoms with van der Waals surface area (Å²) in [5.74, 6) is 0. The number of rotatable bonds is 3. The van der Waals surface area contributed by atoms with Gasteiger partial charge in [-0.1, -0.05) is 13.3 Å². The molecule has 4 heteroatoms. The monoisotopic (exact) mass is 212 g/mol. The lowest BCUT2D eigenvalue weighted by Gasteiger charge is -2.47. The predicted octanol–water partition coefficient (Wildman–Crippen LogP) is 1.10. The highest BCUT2D eigenvalue weighted by molar-refractivity contribution is 5.75. The number of urea groups is 1. The van der Waals surface area contributed by atoms with Crippen LogP contribution in [0, 0.1) is 0 Å². The number of β-amino-alcohol motifs (C(OH)–C–C–N with tert-alkyl or cyclic N) is 1. The van der Waals surface area contributed by atoms with Gasteiger partial charge in [0.05, 0.1) is 18.7 Å². The zero-order chi connectivity index (χ0) is 10.9. The molecular weight excluding hydrogens is 192 g/mol. The summed E-state index contributed by atoms with van der Waals surface area (Å²) in [6.45, 7) is 3.05. The number of likely N-dealkylation sites (tertiary alicyclic amines) is 1. The van der Waals surface area contributed by atoms with Crippen molar-refractivity contribution in [1.29, 1.82) is 0 Å². The minimum absolute atomic E-state index is 0.000443. The van der Waals surface area contributed by atoms with Crippen LogP contribution >= 0.6 is 0 Å². The number of carbonyl (C=O) groups is 1. The van der Waals surface area contributed by atoms with Gasteiger partial charge in [0.15, 0.2) is 0 Å². The van der Waals surface area contributed by atoms with Gasteiger partial charge in [-0.3, -0.25) is 0 Å². The lowest BCUT2D eigenvalue weighted by atomic mass is 9.89. The number of aliphatic hydroxyl groups is 1. The Kier molecular flexibility index (Phi) is 2.87. The summed E-state index contributed by atoms with van der Waals surface area (Å²) in [7, 11) is 0. The maximum Gasteiger partial charge on any atom is 0.317 e. The molecule has 4 nitrogen and oxygen atoms in total. The molecule has 0 aromatic rings. The molecule has 1 heterocycles. The number of hydrogen-bond donors (Lipinski definition) is 2. The second-order valence-electron chi connectivity index (χ2n) is 4.91. The van der Waals surface area contributed by atoms with Crippen molar-refractivity contribution in [3.05, 3.63) is 0 Å². The van der Waals surface area contributed by atoms with Crippen LogP contribution in [-0.4, -0.2) is 40.8 Å². The molecular formula is C11H20N2O2. The zero-order valence-electron chi connectivity index (χ0n) is 9.33. The Balaban J connectivity index is 1.71. The van der Waals surface area contributed by atoms with Crippen molar-refractivity contribution in [2.45, 2.75) is 50.7 Å². The van der Waals surface area contributed by atoms with Gasteiger partial charge >= 0.3 is 6.03 Å². The van der Waals surface area contributed by atoms with Crippen molar-refractivity contribution in [3.63, 3.8) is 0 Å². The predicted molar refractivity (Wildman–Crippen MR) is 57.6 cm³/mol. The van der Waals surface area contributed by atoms with E-state index in [4.69, 9.17) is 0 Å². The molecule has 0 spiro atoms. The Labute approximate surface area is 90.6 Å². The summed E-state index contributed by atoms with van der Waals surface area (Å²) < 4.78 is 0. The van der Waals surface area contributed by atoms with Crippen molar-refractivity contribution >= 4 is 6.03 Å². The molecule has 1 saturated carbocycles. The van der Waals surface area contributed by atoms with Crippen molar-refractivity contribution in [1.82, 2.24) is 10.2 Å². The molecule has 0 aromatic carbocycles. The zero-order valence-corrected chi connectivity index (χ0v) is 9.33. The van der Waals surface area contributed by atoms with Gasteiger partial charge in [0, 0.05) is 6.04 Å². The van der Waals surface area contributed by atoms with Gasteiger partial charge in [0.1, 0.15) is 0 Å². The van der Waals surface area contributed by atoms with Crippen LogP contribution in [0.4, 0.5) is 4.79 Å². The molecule has 15 heavy (non-hydrogen) atoms. The molecule has 2 aliphatic rings. The first kappa shape index (κ1) is 10.7. The van der Waals surface area contributed by atoms with E-state index in [0.29, 0.717) is 19.1 Å². The van der Waals surface area contributed by atoms with Gasteiger partial charge in [-0.15, -0.1) is 0 Å². The lowest BCUT2D eigenvalue weighted by molar-refractivity contribution is -0.0820. The number of carbonyl (C=O) groups excluding carboxylic acids is 1. The van der Waals surface area contributed by atoms with E-state index in [2.05, 4.69) is 12.2 Å². The normalized spacial score (nSPS) is 24.3. The molecule has 1 aliphatic heterocycles. The van der Waals surface area contributed by atoms with Crippen molar-refractivity contribution < 1.29 is 9.90 Å². The summed E-state index contributed by atoms with van der Waals surface area (Å²) in [5, 5.41) is 12.9. The molecule has 0 aromatic heterocycles. The largest absolute Gasteiger partial charge is 0.386 e. The smallest absolute Gasteiger partial charge is 0.317 e. The fourth-order valence-corrected chi connectivity index (χ4v) is 2.25. The molecule has 2 N–H and O–H groups in total. The highest BCUT2D eigenvalue weighted by Gasteiger charge is 2.43. The summed E-state index contributed by atoms with van der Waals surface area (Å²) in [6.07, 6.45) is 5.21. The van der Waals surface area contributed by atoms with E-state index in [-0.39, 0.29) is 6.03 Å². The van der Waals surface area contributed by atoms with Gasteiger partial charge in [-0.05, 0) is 25.7 Å². The van der Waals surface area contributed by atoms with Crippen LogP contribution in [0.25, 0.3) is 0 Å². The molecule has 2 fully saturated rings. The third-order valence-corrected chi connectivity index (χ3v) is 3.41. The third-order valence-electron chi connectivity index (χ3n) is 3.41. The highest BCUT2D eigenvalue weighted by Crippen LogP contribution is 2.26. The minimum Gasteiger partial charge on any atom is -0.386 e. The molecule has 0 atom stereocenters.